The van der Waals surface area contributed by atoms with E-state index in [9.17, 15) is 9.59 Å². The largest absolute Gasteiger partial charge is 0.497 e. The van der Waals surface area contributed by atoms with Gasteiger partial charge in [0, 0.05) is 23.9 Å². The summed E-state index contributed by atoms with van der Waals surface area (Å²) in [5.41, 5.74) is 2.44. The summed E-state index contributed by atoms with van der Waals surface area (Å²) in [6.07, 6.45) is 0. The third kappa shape index (κ3) is 4.47. The number of nitrogens with one attached hydrogen (secondary N) is 1. The van der Waals surface area contributed by atoms with Crippen LogP contribution in [0.5, 0.6) is 11.5 Å². The van der Waals surface area contributed by atoms with Crippen LogP contribution >= 0.6 is 11.8 Å². The van der Waals surface area contributed by atoms with Gasteiger partial charge in [-0.3, -0.25) is 13.9 Å². The molecule has 1 heterocycles. The molecule has 0 saturated heterocycles. The van der Waals surface area contributed by atoms with Gasteiger partial charge in [0.1, 0.15) is 11.5 Å². The van der Waals surface area contributed by atoms with Crippen molar-refractivity contribution in [3.05, 3.63) is 76.7 Å². The number of anilines is 1. The summed E-state index contributed by atoms with van der Waals surface area (Å²) in [4.78, 5) is 27.5. The second kappa shape index (κ2) is 9.46. The molecule has 170 valence electrons. The zero-order valence-electron chi connectivity index (χ0n) is 18.9. The lowest BCUT2D eigenvalue weighted by atomic mass is 10.1. The Morgan fingerprint density at radius 1 is 1.00 bits per heavy atom. The molecule has 0 spiro atoms. The smallest absolute Gasteiger partial charge is 0.328 e. The van der Waals surface area contributed by atoms with E-state index in [0.29, 0.717) is 23.6 Å². The summed E-state index contributed by atoms with van der Waals surface area (Å²) in [5, 5.41) is 3.03. The number of nitrogens with zero attached hydrogens (tertiary/aromatic N) is 2. The molecule has 0 atom stereocenters. The maximum atomic E-state index is 13.2. The molecule has 0 aliphatic heterocycles. The van der Waals surface area contributed by atoms with Crippen LogP contribution in [0.4, 0.5) is 5.69 Å². The van der Waals surface area contributed by atoms with Gasteiger partial charge in [-0.25, -0.2) is 4.79 Å². The van der Waals surface area contributed by atoms with Crippen molar-refractivity contribution >= 4 is 34.4 Å². The Labute approximate surface area is 195 Å². The lowest BCUT2D eigenvalue weighted by Gasteiger charge is -2.14. The number of benzene rings is 3. The first kappa shape index (κ1) is 22.5. The maximum absolute atomic E-state index is 13.2. The summed E-state index contributed by atoms with van der Waals surface area (Å²) in [6, 6.07) is 18.6. The number of rotatable bonds is 7. The number of imidazole rings is 1. The Kier molecular flexibility index (Phi) is 6.46. The Morgan fingerprint density at radius 3 is 2.33 bits per heavy atom. The fourth-order valence-electron chi connectivity index (χ4n) is 3.60. The van der Waals surface area contributed by atoms with Crippen molar-refractivity contribution in [3.8, 4) is 11.5 Å². The van der Waals surface area contributed by atoms with Crippen molar-refractivity contribution in [3.63, 3.8) is 0 Å². The molecule has 0 fully saturated rings. The number of aromatic nitrogens is 2. The molecule has 0 unspecified atom stereocenters. The highest BCUT2D eigenvalue weighted by Crippen LogP contribution is 2.37. The lowest BCUT2D eigenvalue weighted by Crippen LogP contribution is -2.19. The third-order valence-electron chi connectivity index (χ3n) is 5.34. The number of para-hydroxylation sites is 1. The number of aryl methyl sites for hydroxylation is 2. The molecule has 0 aliphatic carbocycles. The van der Waals surface area contributed by atoms with Crippen LogP contribution in [0.15, 0.2) is 75.2 Å². The van der Waals surface area contributed by atoms with Gasteiger partial charge in [-0.1, -0.05) is 23.9 Å². The van der Waals surface area contributed by atoms with Crippen molar-refractivity contribution < 1.29 is 14.3 Å². The molecular weight excluding hydrogens is 438 g/mol. The molecular formula is C25H25N3O4S. The van der Waals surface area contributed by atoms with E-state index in [1.54, 1.807) is 48.5 Å². The predicted molar refractivity (Wildman–Crippen MR) is 131 cm³/mol. The first-order valence-electron chi connectivity index (χ1n) is 10.5. The van der Waals surface area contributed by atoms with Crippen molar-refractivity contribution in [1.82, 2.24) is 9.13 Å². The monoisotopic (exact) mass is 463 g/mol. The van der Waals surface area contributed by atoms with Crippen LogP contribution in [0, 0.1) is 0 Å². The van der Waals surface area contributed by atoms with E-state index < -0.39 is 0 Å². The zero-order valence-corrected chi connectivity index (χ0v) is 19.7. The van der Waals surface area contributed by atoms with Crippen LogP contribution in [0.1, 0.15) is 17.3 Å². The van der Waals surface area contributed by atoms with Gasteiger partial charge < -0.3 is 14.8 Å². The lowest BCUT2D eigenvalue weighted by molar-refractivity contribution is 0.102. The minimum absolute atomic E-state index is 0.129. The van der Waals surface area contributed by atoms with Crippen LogP contribution in [0.3, 0.4) is 0 Å². The van der Waals surface area contributed by atoms with E-state index in [2.05, 4.69) is 5.32 Å². The second-order valence-electron chi connectivity index (χ2n) is 7.40. The Bertz CT molecular complexity index is 1370. The van der Waals surface area contributed by atoms with Crippen LogP contribution in [-0.2, 0) is 14.1 Å². The quantitative estimate of drug-likeness (QED) is 0.431. The van der Waals surface area contributed by atoms with Crippen molar-refractivity contribution in [2.45, 2.75) is 16.7 Å². The normalized spacial score (nSPS) is 10.9. The first-order valence-corrected chi connectivity index (χ1v) is 11.3. The molecule has 4 rings (SSSR count). The van der Waals surface area contributed by atoms with Crippen molar-refractivity contribution in [1.29, 1.82) is 0 Å². The minimum atomic E-state index is -0.282. The molecule has 33 heavy (non-hydrogen) atoms. The SMILES string of the molecule is CCOc1ccccc1C(=O)Nc1cc2c(cc1Sc1ccc(OC)cc1)n(C)c(=O)n2C. The number of carbonyl (C=O) groups excluding carboxylic acids is 1. The maximum Gasteiger partial charge on any atom is 0.328 e. The van der Waals surface area contributed by atoms with Crippen molar-refractivity contribution in [2.75, 3.05) is 19.0 Å². The van der Waals surface area contributed by atoms with Gasteiger partial charge in [0.2, 0.25) is 0 Å². The van der Waals surface area contributed by atoms with E-state index >= 15 is 0 Å². The predicted octanol–water partition coefficient (Wildman–Crippen LogP) is 4.69. The van der Waals surface area contributed by atoms with E-state index in [4.69, 9.17) is 9.47 Å². The molecule has 1 N–H and O–H groups in total. The Hall–Kier alpha value is -3.65. The molecule has 8 heteroatoms. The highest BCUT2D eigenvalue weighted by Gasteiger charge is 2.18. The number of amides is 1. The summed E-state index contributed by atoms with van der Waals surface area (Å²) in [5.74, 6) is 1.01. The van der Waals surface area contributed by atoms with Crippen LogP contribution in [-0.4, -0.2) is 28.8 Å². The molecule has 4 aromatic rings. The van der Waals surface area contributed by atoms with Gasteiger partial charge in [-0.15, -0.1) is 0 Å². The van der Waals surface area contributed by atoms with E-state index in [-0.39, 0.29) is 11.6 Å². The standard InChI is InChI=1S/C25H25N3O4S/c1-5-32-22-9-7-6-8-18(22)24(29)26-19-14-20-21(28(3)25(30)27(20)2)15-23(19)33-17-12-10-16(31-4)11-13-17/h6-15H,5H2,1-4H3,(H,26,29). The van der Waals surface area contributed by atoms with Crippen LogP contribution in [0.25, 0.3) is 11.0 Å². The van der Waals surface area contributed by atoms with E-state index in [1.165, 1.54) is 11.8 Å². The van der Waals surface area contributed by atoms with E-state index in [1.807, 2.05) is 49.4 Å². The Morgan fingerprint density at radius 2 is 1.67 bits per heavy atom. The minimum Gasteiger partial charge on any atom is -0.497 e. The number of hydrogen-bond acceptors (Lipinski definition) is 5. The second-order valence-corrected chi connectivity index (χ2v) is 8.51. The first-order chi connectivity index (χ1) is 15.9. The summed E-state index contributed by atoms with van der Waals surface area (Å²) in [7, 11) is 5.08. The Balaban J connectivity index is 1.78. The molecule has 0 bridgehead atoms. The van der Waals surface area contributed by atoms with Gasteiger partial charge >= 0.3 is 5.69 Å². The van der Waals surface area contributed by atoms with Crippen molar-refractivity contribution in [2.24, 2.45) is 14.1 Å². The molecule has 0 saturated carbocycles. The van der Waals surface area contributed by atoms with Gasteiger partial charge in [0.05, 0.1) is 36.0 Å². The molecule has 1 amide bonds. The van der Waals surface area contributed by atoms with Gasteiger partial charge in [0.15, 0.2) is 0 Å². The number of ether oxygens (including phenoxy) is 2. The fraction of sp³-hybridized carbons (Fsp3) is 0.200. The molecule has 0 aliphatic rings. The summed E-state index contributed by atoms with van der Waals surface area (Å²) in [6.45, 7) is 2.34. The van der Waals surface area contributed by atoms with E-state index in [0.717, 1.165) is 26.6 Å². The number of carbonyl (C=O) groups is 1. The molecule has 7 nitrogen and oxygen atoms in total. The number of hydrogen-bond donors (Lipinski definition) is 1. The topological polar surface area (TPSA) is 74.5 Å². The zero-order chi connectivity index (χ0) is 23.5. The summed E-state index contributed by atoms with van der Waals surface area (Å²) >= 11 is 1.50. The van der Waals surface area contributed by atoms with Gasteiger partial charge in [-0.05, 0) is 55.5 Å². The summed E-state index contributed by atoms with van der Waals surface area (Å²) < 4.78 is 14.0. The average Bonchev–Trinajstić information content (AvgIpc) is 3.03. The van der Waals surface area contributed by atoms with Gasteiger partial charge in [0.25, 0.3) is 5.91 Å². The highest BCUT2D eigenvalue weighted by atomic mass is 32.2. The molecule has 3 aromatic carbocycles. The van der Waals surface area contributed by atoms with Gasteiger partial charge in [-0.2, -0.15) is 0 Å². The number of methoxy groups -OCH3 is 1. The third-order valence-corrected chi connectivity index (χ3v) is 6.41. The average molecular weight is 464 g/mol. The highest BCUT2D eigenvalue weighted by molar-refractivity contribution is 7.99. The van der Waals surface area contributed by atoms with Crippen LogP contribution < -0.4 is 20.5 Å². The fourth-order valence-corrected chi connectivity index (χ4v) is 4.52. The molecule has 1 aromatic heterocycles. The molecule has 0 radical (unpaired) electrons. The van der Waals surface area contributed by atoms with Crippen LogP contribution in [0.2, 0.25) is 0 Å². The number of fused-ring (bicyclic) bond motifs is 1.